The molecule has 1 aromatic rings. The molecule has 0 aromatic heterocycles. The average Bonchev–Trinajstić information content (AvgIpc) is 3.13. The number of esters is 1. The van der Waals surface area contributed by atoms with Crippen LogP contribution in [0, 0.1) is 18.3 Å². The summed E-state index contributed by atoms with van der Waals surface area (Å²) in [4.78, 5) is 12.4. The lowest BCUT2D eigenvalue weighted by Gasteiger charge is -2.21. The van der Waals surface area contributed by atoms with E-state index in [4.69, 9.17) is 15.9 Å². The zero-order valence-electron chi connectivity index (χ0n) is 16.0. The standard InChI is InChI=1S/C22H31NO3/c1-4-18-10-12-19(13-11-18)25-15-7-14-23-21(16-17(2)3)22(24)26-20-8-5-6-9-20/h1,10-13,17,20-21,23H,5-9,14-16H2,2-3H3/t21-/m0/s1. The first-order valence-electron chi connectivity index (χ1n) is 9.72. The van der Waals surface area contributed by atoms with Crippen LogP contribution in [0.25, 0.3) is 0 Å². The monoisotopic (exact) mass is 357 g/mol. The Bertz CT molecular complexity index is 582. The van der Waals surface area contributed by atoms with E-state index in [0.717, 1.165) is 43.5 Å². The second-order valence-electron chi connectivity index (χ2n) is 7.35. The second kappa shape index (κ2) is 10.9. The zero-order chi connectivity index (χ0) is 18.8. The summed E-state index contributed by atoms with van der Waals surface area (Å²) in [7, 11) is 0. The highest BCUT2D eigenvalue weighted by molar-refractivity contribution is 5.76. The number of benzene rings is 1. The van der Waals surface area contributed by atoms with Gasteiger partial charge in [-0.25, -0.2) is 0 Å². The highest BCUT2D eigenvalue weighted by atomic mass is 16.5. The first-order valence-corrected chi connectivity index (χ1v) is 9.72. The molecule has 0 spiro atoms. The number of carbonyl (C=O) groups excluding carboxylic acids is 1. The van der Waals surface area contributed by atoms with E-state index in [1.165, 1.54) is 12.8 Å². The van der Waals surface area contributed by atoms with Gasteiger partial charge in [0.2, 0.25) is 0 Å². The lowest BCUT2D eigenvalue weighted by Crippen LogP contribution is -2.41. The summed E-state index contributed by atoms with van der Waals surface area (Å²) in [6.45, 7) is 5.56. The molecule has 2 rings (SSSR count). The molecule has 1 aromatic carbocycles. The van der Waals surface area contributed by atoms with Crippen molar-refractivity contribution in [2.24, 2.45) is 5.92 Å². The number of rotatable bonds is 10. The third-order valence-corrected chi connectivity index (χ3v) is 4.58. The molecule has 0 amide bonds. The Balaban J connectivity index is 1.70. The van der Waals surface area contributed by atoms with Crippen LogP contribution in [0.4, 0.5) is 0 Å². The summed E-state index contributed by atoms with van der Waals surface area (Å²) in [5.41, 5.74) is 0.844. The molecule has 1 fully saturated rings. The van der Waals surface area contributed by atoms with Gasteiger partial charge in [-0.05, 0) is 75.3 Å². The van der Waals surface area contributed by atoms with E-state index >= 15 is 0 Å². The van der Waals surface area contributed by atoms with Crippen LogP contribution in [0.2, 0.25) is 0 Å². The minimum Gasteiger partial charge on any atom is -0.494 e. The summed E-state index contributed by atoms with van der Waals surface area (Å²) < 4.78 is 11.4. The third-order valence-electron chi connectivity index (χ3n) is 4.58. The van der Waals surface area contributed by atoms with E-state index in [-0.39, 0.29) is 18.1 Å². The van der Waals surface area contributed by atoms with Gasteiger partial charge in [-0.3, -0.25) is 4.79 Å². The van der Waals surface area contributed by atoms with E-state index in [1.54, 1.807) is 0 Å². The second-order valence-corrected chi connectivity index (χ2v) is 7.35. The van der Waals surface area contributed by atoms with Crippen LogP contribution < -0.4 is 10.1 Å². The maximum absolute atomic E-state index is 12.4. The molecule has 1 saturated carbocycles. The first kappa shape index (κ1) is 20.3. The summed E-state index contributed by atoms with van der Waals surface area (Å²) >= 11 is 0. The quantitative estimate of drug-likeness (QED) is 0.392. The molecule has 142 valence electrons. The summed E-state index contributed by atoms with van der Waals surface area (Å²) in [5.74, 6) is 3.73. The highest BCUT2D eigenvalue weighted by Gasteiger charge is 2.25. The molecule has 26 heavy (non-hydrogen) atoms. The van der Waals surface area contributed by atoms with Crippen LogP contribution in [0.3, 0.4) is 0 Å². The van der Waals surface area contributed by atoms with E-state index in [9.17, 15) is 4.79 Å². The van der Waals surface area contributed by atoms with Crippen molar-refractivity contribution in [3.8, 4) is 18.1 Å². The van der Waals surface area contributed by atoms with Crippen LogP contribution in [0.5, 0.6) is 5.75 Å². The van der Waals surface area contributed by atoms with E-state index in [1.807, 2.05) is 24.3 Å². The first-order chi connectivity index (χ1) is 12.6. The predicted molar refractivity (Wildman–Crippen MR) is 104 cm³/mol. The van der Waals surface area contributed by atoms with E-state index in [2.05, 4.69) is 25.1 Å². The van der Waals surface area contributed by atoms with Crippen molar-refractivity contribution in [1.29, 1.82) is 0 Å². The van der Waals surface area contributed by atoms with Crippen LogP contribution in [0.1, 0.15) is 57.9 Å². The van der Waals surface area contributed by atoms with Gasteiger partial charge in [-0.2, -0.15) is 0 Å². The Morgan fingerprint density at radius 2 is 1.96 bits per heavy atom. The van der Waals surface area contributed by atoms with E-state index < -0.39 is 0 Å². The fourth-order valence-electron chi connectivity index (χ4n) is 3.17. The van der Waals surface area contributed by atoms with Crippen LogP contribution >= 0.6 is 0 Å². The van der Waals surface area contributed by atoms with Crippen molar-refractivity contribution >= 4 is 5.97 Å². The Kier molecular flexibility index (Phi) is 8.50. The Hall–Kier alpha value is -1.99. The molecular formula is C22H31NO3. The maximum Gasteiger partial charge on any atom is 0.323 e. The van der Waals surface area contributed by atoms with Gasteiger partial charge in [-0.1, -0.05) is 19.8 Å². The molecule has 1 aliphatic rings. The minimum absolute atomic E-state index is 0.101. The van der Waals surface area contributed by atoms with Gasteiger partial charge in [0.15, 0.2) is 0 Å². The lowest BCUT2D eigenvalue weighted by molar-refractivity contribution is -0.151. The van der Waals surface area contributed by atoms with Crippen molar-refractivity contribution in [2.75, 3.05) is 13.2 Å². The topological polar surface area (TPSA) is 47.6 Å². The summed E-state index contributed by atoms with van der Waals surface area (Å²) in [5, 5.41) is 3.35. The molecule has 4 heteroatoms. The molecular weight excluding hydrogens is 326 g/mol. The molecule has 0 bridgehead atoms. The number of carbonyl (C=O) groups is 1. The van der Waals surface area contributed by atoms with Crippen molar-refractivity contribution in [1.82, 2.24) is 5.32 Å². The molecule has 1 aliphatic carbocycles. The summed E-state index contributed by atoms with van der Waals surface area (Å²) in [6, 6.07) is 7.26. The highest BCUT2D eigenvalue weighted by Crippen LogP contribution is 2.22. The average molecular weight is 357 g/mol. The van der Waals surface area contributed by atoms with Crippen LogP contribution in [-0.2, 0) is 9.53 Å². The number of hydrogen-bond donors (Lipinski definition) is 1. The molecule has 0 aliphatic heterocycles. The van der Waals surface area contributed by atoms with E-state index in [0.29, 0.717) is 12.5 Å². The Morgan fingerprint density at radius 1 is 1.27 bits per heavy atom. The molecule has 4 nitrogen and oxygen atoms in total. The Morgan fingerprint density at radius 3 is 2.58 bits per heavy atom. The predicted octanol–water partition coefficient (Wildman–Crippen LogP) is 3.93. The van der Waals surface area contributed by atoms with Crippen LogP contribution in [-0.4, -0.2) is 31.3 Å². The minimum atomic E-state index is -0.231. The lowest BCUT2D eigenvalue weighted by atomic mass is 10.0. The van der Waals surface area contributed by atoms with Crippen molar-refractivity contribution in [2.45, 2.75) is 64.5 Å². The molecule has 0 radical (unpaired) electrons. The Labute approximate surface area is 157 Å². The normalized spacial score (nSPS) is 15.6. The molecule has 0 heterocycles. The third kappa shape index (κ3) is 7.09. The van der Waals surface area contributed by atoms with Crippen LogP contribution in [0.15, 0.2) is 24.3 Å². The fourth-order valence-corrected chi connectivity index (χ4v) is 3.17. The number of nitrogens with one attached hydrogen (secondary N) is 1. The van der Waals surface area contributed by atoms with Gasteiger partial charge in [0, 0.05) is 5.56 Å². The number of ether oxygens (including phenoxy) is 2. The molecule has 0 unspecified atom stereocenters. The largest absolute Gasteiger partial charge is 0.494 e. The maximum atomic E-state index is 12.4. The molecule has 1 atom stereocenters. The van der Waals surface area contributed by atoms with Gasteiger partial charge in [0.05, 0.1) is 6.61 Å². The number of terminal acetylenes is 1. The van der Waals surface area contributed by atoms with Crippen molar-refractivity contribution < 1.29 is 14.3 Å². The molecule has 0 saturated heterocycles. The molecule has 1 N–H and O–H groups in total. The smallest absolute Gasteiger partial charge is 0.323 e. The van der Waals surface area contributed by atoms with Crippen molar-refractivity contribution in [3.05, 3.63) is 29.8 Å². The fraction of sp³-hybridized carbons (Fsp3) is 0.591. The van der Waals surface area contributed by atoms with Gasteiger partial charge in [0.25, 0.3) is 0 Å². The SMILES string of the molecule is C#Cc1ccc(OCCCN[C@@H](CC(C)C)C(=O)OC2CCCC2)cc1. The van der Waals surface area contributed by atoms with Gasteiger partial charge in [-0.15, -0.1) is 6.42 Å². The van der Waals surface area contributed by atoms with Gasteiger partial charge in [0.1, 0.15) is 17.9 Å². The number of hydrogen-bond acceptors (Lipinski definition) is 4. The summed E-state index contributed by atoms with van der Waals surface area (Å²) in [6.07, 6.45) is 11.4. The van der Waals surface area contributed by atoms with Gasteiger partial charge < -0.3 is 14.8 Å². The van der Waals surface area contributed by atoms with Crippen molar-refractivity contribution in [3.63, 3.8) is 0 Å². The van der Waals surface area contributed by atoms with Gasteiger partial charge >= 0.3 is 5.97 Å². The zero-order valence-corrected chi connectivity index (χ0v) is 16.0.